The molecule has 0 amide bonds. The predicted octanol–water partition coefficient (Wildman–Crippen LogP) is 3.53. The Labute approximate surface area is 130 Å². The largest absolute Gasteiger partial charge is 0.460 e. The molecule has 2 aromatic heterocycles. The summed E-state index contributed by atoms with van der Waals surface area (Å²) in [5.41, 5.74) is 0.984. The topological polar surface area (TPSA) is 52.1 Å². The standard InChI is InChI=1S/C15H12N2O2S2/c18-13(19-8-11-4-2-1-3-5-11)9-21-15-12-6-7-20-14(12)16-10-17-15/h1-7,10H,8-9H2. The maximum absolute atomic E-state index is 11.8. The third kappa shape index (κ3) is 3.59. The summed E-state index contributed by atoms with van der Waals surface area (Å²) < 4.78 is 5.24. The molecule has 0 aliphatic rings. The number of rotatable bonds is 5. The number of aromatic nitrogens is 2. The molecule has 0 N–H and O–H groups in total. The summed E-state index contributed by atoms with van der Waals surface area (Å²) in [4.78, 5) is 21.1. The third-order valence-electron chi connectivity index (χ3n) is 2.79. The van der Waals surface area contributed by atoms with Gasteiger partial charge in [0.1, 0.15) is 22.8 Å². The van der Waals surface area contributed by atoms with Crippen LogP contribution in [0, 0.1) is 0 Å². The molecule has 0 spiro atoms. The molecule has 4 nitrogen and oxygen atoms in total. The first kappa shape index (κ1) is 14.0. The number of thioether (sulfide) groups is 1. The predicted molar refractivity (Wildman–Crippen MR) is 84.4 cm³/mol. The van der Waals surface area contributed by atoms with Crippen molar-refractivity contribution < 1.29 is 9.53 Å². The first-order chi connectivity index (χ1) is 10.3. The maximum Gasteiger partial charge on any atom is 0.316 e. The van der Waals surface area contributed by atoms with Crippen LogP contribution in [0.2, 0.25) is 0 Å². The number of hydrogen-bond acceptors (Lipinski definition) is 6. The van der Waals surface area contributed by atoms with Gasteiger partial charge >= 0.3 is 5.97 Å². The van der Waals surface area contributed by atoms with Crippen LogP contribution in [0.4, 0.5) is 0 Å². The molecule has 0 atom stereocenters. The van der Waals surface area contributed by atoms with Crippen LogP contribution in [-0.2, 0) is 16.1 Å². The van der Waals surface area contributed by atoms with Gasteiger partial charge in [0.05, 0.1) is 5.75 Å². The number of carbonyl (C=O) groups excluding carboxylic acids is 1. The average Bonchev–Trinajstić information content (AvgIpc) is 3.01. The first-order valence-corrected chi connectivity index (χ1v) is 8.20. The Balaban J connectivity index is 1.55. The van der Waals surface area contributed by atoms with Gasteiger partial charge in [-0.3, -0.25) is 4.79 Å². The Kier molecular flexibility index (Phi) is 4.47. The molecule has 106 valence electrons. The van der Waals surface area contributed by atoms with Crippen LogP contribution in [0.3, 0.4) is 0 Å². The number of benzene rings is 1. The second kappa shape index (κ2) is 6.69. The molecule has 21 heavy (non-hydrogen) atoms. The quantitative estimate of drug-likeness (QED) is 0.409. The molecule has 0 unspecified atom stereocenters. The number of carbonyl (C=O) groups is 1. The zero-order valence-electron chi connectivity index (χ0n) is 11.1. The fourth-order valence-electron chi connectivity index (χ4n) is 1.79. The summed E-state index contributed by atoms with van der Waals surface area (Å²) in [5, 5.41) is 3.78. The highest BCUT2D eigenvalue weighted by atomic mass is 32.2. The minimum absolute atomic E-state index is 0.245. The van der Waals surface area contributed by atoms with Crippen LogP contribution in [0.1, 0.15) is 5.56 Å². The zero-order chi connectivity index (χ0) is 14.5. The molecule has 0 aliphatic carbocycles. The number of thiophene rings is 1. The van der Waals surface area contributed by atoms with E-state index in [1.54, 1.807) is 11.3 Å². The number of nitrogens with zero attached hydrogens (tertiary/aromatic N) is 2. The van der Waals surface area contributed by atoms with Gasteiger partial charge in [0, 0.05) is 5.39 Å². The molecule has 3 aromatic rings. The van der Waals surface area contributed by atoms with E-state index in [1.165, 1.54) is 18.1 Å². The molecule has 0 saturated heterocycles. The molecular weight excluding hydrogens is 304 g/mol. The van der Waals surface area contributed by atoms with Gasteiger partial charge in [-0.1, -0.05) is 42.1 Å². The van der Waals surface area contributed by atoms with Gasteiger partial charge in [-0.2, -0.15) is 0 Å². The highest BCUT2D eigenvalue weighted by Gasteiger charge is 2.09. The lowest BCUT2D eigenvalue weighted by Gasteiger charge is -2.05. The van der Waals surface area contributed by atoms with Crippen LogP contribution in [-0.4, -0.2) is 21.7 Å². The van der Waals surface area contributed by atoms with Gasteiger partial charge in [-0.25, -0.2) is 9.97 Å². The molecule has 1 aromatic carbocycles. The van der Waals surface area contributed by atoms with Gasteiger partial charge in [0.25, 0.3) is 0 Å². The maximum atomic E-state index is 11.8. The third-order valence-corrected chi connectivity index (χ3v) is 4.59. The van der Waals surface area contributed by atoms with Crippen molar-refractivity contribution in [2.24, 2.45) is 0 Å². The van der Waals surface area contributed by atoms with Crippen molar-refractivity contribution in [3.05, 3.63) is 53.7 Å². The van der Waals surface area contributed by atoms with E-state index in [9.17, 15) is 4.79 Å². The number of esters is 1. The van der Waals surface area contributed by atoms with E-state index < -0.39 is 0 Å². The molecule has 0 saturated carbocycles. The lowest BCUT2D eigenvalue weighted by molar-refractivity contribution is -0.141. The molecule has 0 fully saturated rings. The Bertz CT molecular complexity index is 744. The molecule has 6 heteroatoms. The SMILES string of the molecule is O=C(CSc1ncnc2sccc12)OCc1ccccc1. The molecule has 0 radical (unpaired) electrons. The molecule has 2 heterocycles. The molecule has 0 aliphatic heterocycles. The van der Waals surface area contributed by atoms with Gasteiger partial charge in [-0.05, 0) is 17.0 Å². The van der Waals surface area contributed by atoms with Crippen molar-refractivity contribution in [2.75, 3.05) is 5.75 Å². The van der Waals surface area contributed by atoms with Gasteiger partial charge in [0.15, 0.2) is 0 Å². The van der Waals surface area contributed by atoms with Crippen molar-refractivity contribution >= 4 is 39.3 Å². The highest BCUT2D eigenvalue weighted by molar-refractivity contribution is 8.00. The Morgan fingerprint density at radius 1 is 1.19 bits per heavy atom. The van der Waals surface area contributed by atoms with Crippen molar-refractivity contribution in [1.82, 2.24) is 9.97 Å². The number of hydrogen-bond donors (Lipinski definition) is 0. The summed E-state index contributed by atoms with van der Waals surface area (Å²) in [7, 11) is 0. The second-order valence-corrected chi connectivity index (χ2v) is 6.11. The van der Waals surface area contributed by atoms with Crippen LogP contribution < -0.4 is 0 Å². The summed E-state index contributed by atoms with van der Waals surface area (Å²) >= 11 is 2.94. The monoisotopic (exact) mass is 316 g/mol. The van der Waals surface area contributed by atoms with Gasteiger partial charge < -0.3 is 4.74 Å². The van der Waals surface area contributed by atoms with E-state index in [-0.39, 0.29) is 11.7 Å². The van der Waals surface area contributed by atoms with Crippen LogP contribution in [0.15, 0.2) is 53.1 Å². The lowest BCUT2D eigenvalue weighted by Crippen LogP contribution is -2.07. The minimum atomic E-state index is -0.245. The van der Waals surface area contributed by atoms with E-state index >= 15 is 0 Å². The van der Waals surface area contributed by atoms with Crippen LogP contribution in [0.5, 0.6) is 0 Å². The van der Waals surface area contributed by atoms with Gasteiger partial charge in [-0.15, -0.1) is 11.3 Å². The zero-order valence-corrected chi connectivity index (χ0v) is 12.7. The van der Waals surface area contributed by atoms with E-state index in [0.29, 0.717) is 6.61 Å². The van der Waals surface area contributed by atoms with E-state index in [1.807, 2.05) is 41.8 Å². The van der Waals surface area contributed by atoms with Crippen molar-refractivity contribution in [1.29, 1.82) is 0 Å². The molecule has 3 rings (SSSR count). The van der Waals surface area contributed by atoms with Gasteiger partial charge in [0.2, 0.25) is 0 Å². The summed E-state index contributed by atoms with van der Waals surface area (Å²) in [6.07, 6.45) is 1.52. The first-order valence-electron chi connectivity index (χ1n) is 6.33. The fraction of sp³-hybridized carbons (Fsp3) is 0.133. The van der Waals surface area contributed by atoms with E-state index in [2.05, 4.69) is 9.97 Å². The van der Waals surface area contributed by atoms with E-state index in [0.717, 1.165) is 20.8 Å². The summed E-state index contributed by atoms with van der Waals surface area (Å²) in [6.45, 7) is 0.303. The molecule has 0 bridgehead atoms. The fourth-order valence-corrected chi connectivity index (χ4v) is 3.37. The lowest BCUT2D eigenvalue weighted by atomic mass is 10.2. The Hall–Kier alpha value is -1.92. The smallest absolute Gasteiger partial charge is 0.316 e. The van der Waals surface area contributed by atoms with Crippen LogP contribution >= 0.6 is 23.1 Å². The molecular formula is C15H12N2O2S2. The average molecular weight is 316 g/mol. The normalized spacial score (nSPS) is 10.7. The summed E-state index contributed by atoms with van der Waals surface area (Å²) in [6, 6.07) is 11.6. The van der Waals surface area contributed by atoms with E-state index in [4.69, 9.17) is 4.74 Å². The minimum Gasteiger partial charge on any atom is -0.460 e. The van der Waals surface area contributed by atoms with Crippen molar-refractivity contribution in [2.45, 2.75) is 11.6 Å². The Morgan fingerprint density at radius 2 is 2.05 bits per heavy atom. The number of fused-ring (bicyclic) bond motifs is 1. The highest BCUT2D eigenvalue weighted by Crippen LogP contribution is 2.27. The van der Waals surface area contributed by atoms with Crippen molar-refractivity contribution in [3.8, 4) is 0 Å². The van der Waals surface area contributed by atoms with Crippen molar-refractivity contribution in [3.63, 3.8) is 0 Å². The number of ether oxygens (including phenoxy) is 1. The summed E-state index contributed by atoms with van der Waals surface area (Å²) in [5.74, 6) is 0.000247. The Morgan fingerprint density at radius 3 is 2.90 bits per heavy atom. The second-order valence-electron chi connectivity index (χ2n) is 4.25. The van der Waals surface area contributed by atoms with Crippen LogP contribution in [0.25, 0.3) is 10.2 Å².